The van der Waals surface area contributed by atoms with Gasteiger partial charge in [0.15, 0.2) is 0 Å². The van der Waals surface area contributed by atoms with Crippen molar-refractivity contribution in [3.8, 4) is 0 Å². The lowest BCUT2D eigenvalue weighted by atomic mass is 10.1. The van der Waals surface area contributed by atoms with E-state index in [2.05, 4.69) is 30.7 Å². The number of hydrogen-bond acceptors (Lipinski definition) is 3. The Morgan fingerprint density at radius 1 is 1.25 bits per heavy atom. The van der Waals surface area contributed by atoms with Crippen molar-refractivity contribution in [3.63, 3.8) is 0 Å². The zero-order valence-corrected chi connectivity index (χ0v) is 14.8. The predicted octanol–water partition coefficient (Wildman–Crippen LogP) is 2.31. The third kappa shape index (κ3) is 3.06. The van der Waals surface area contributed by atoms with E-state index in [9.17, 15) is 9.90 Å². The number of H-pyrrole nitrogens is 1. The third-order valence-corrected chi connectivity index (χ3v) is 5.36. The van der Waals surface area contributed by atoms with Gasteiger partial charge in [0.1, 0.15) is 0 Å². The molecule has 1 aromatic heterocycles. The van der Waals surface area contributed by atoms with Crippen LogP contribution >= 0.6 is 0 Å². The van der Waals surface area contributed by atoms with Gasteiger partial charge in [-0.05, 0) is 44.0 Å². The molecular formula is C19H27N3O2. The summed E-state index contributed by atoms with van der Waals surface area (Å²) in [5.74, 6) is 0.104. The van der Waals surface area contributed by atoms with Gasteiger partial charge in [0, 0.05) is 54.4 Å². The van der Waals surface area contributed by atoms with Crippen molar-refractivity contribution >= 4 is 16.8 Å². The van der Waals surface area contributed by atoms with Crippen molar-refractivity contribution in [1.29, 1.82) is 0 Å². The highest BCUT2D eigenvalue weighted by molar-refractivity contribution is 5.99. The molecule has 1 fully saturated rings. The van der Waals surface area contributed by atoms with Crippen LogP contribution < -0.4 is 0 Å². The molecule has 5 nitrogen and oxygen atoms in total. The molecule has 1 aromatic carbocycles. The summed E-state index contributed by atoms with van der Waals surface area (Å²) < 4.78 is 0. The van der Waals surface area contributed by atoms with Gasteiger partial charge in [0.05, 0.1) is 6.61 Å². The molecule has 0 saturated carbocycles. The van der Waals surface area contributed by atoms with Crippen LogP contribution in [0.1, 0.15) is 35.0 Å². The minimum absolute atomic E-state index is 0.104. The topological polar surface area (TPSA) is 59.6 Å². The van der Waals surface area contributed by atoms with Crippen LogP contribution in [-0.4, -0.2) is 64.6 Å². The van der Waals surface area contributed by atoms with Gasteiger partial charge in [0.2, 0.25) is 0 Å². The molecule has 24 heavy (non-hydrogen) atoms. The van der Waals surface area contributed by atoms with Crippen LogP contribution in [0.3, 0.4) is 0 Å². The lowest BCUT2D eigenvalue weighted by molar-refractivity contribution is 0.0472. The highest BCUT2D eigenvalue weighted by Crippen LogP contribution is 2.23. The molecule has 3 rings (SSSR count). The molecule has 0 radical (unpaired) electrons. The average Bonchev–Trinajstić information content (AvgIpc) is 2.90. The highest BCUT2D eigenvalue weighted by atomic mass is 16.3. The number of piperazine rings is 1. The maximum Gasteiger partial charge on any atom is 0.253 e. The number of fused-ring (bicyclic) bond motifs is 1. The standard InChI is InChI=1S/C19H27N3O2/c1-4-16(12-23)21-7-9-22(10-8-21)19(24)15-5-6-18-17(11-15)13(2)14(3)20-18/h5-6,11,16,20,23H,4,7-10,12H2,1-3H3. The van der Waals surface area contributed by atoms with Crippen molar-refractivity contribution in [1.82, 2.24) is 14.8 Å². The van der Waals surface area contributed by atoms with Gasteiger partial charge in [-0.25, -0.2) is 0 Å². The fourth-order valence-electron chi connectivity index (χ4n) is 3.57. The number of aromatic nitrogens is 1. The van der Waals surface area contributed by atoms with Crippen LogP contribution in [0.4, 0.5) is 0 Å². The number of aliphatic hydroxyl groups excluding tert-OH is 1. The molecule has 2 N–H and O–H groups in total. The minimum atomic E-state index is 0.104. The van der Waals surface area contributed by atoms with E-state index in [0.29, 0.717) is 0 Å². The Balaban J connectivity index is 1.72. The summed E-state index contributed by atoms with van der Waals surface area (Å²) >= 11 is 0. The van der Waals surface area contributed by atoms with E-state index in [1.54, 1.807) is 0 Å². The second-order valence-corrected chi connectivity index (χ2v) is 6.71. The molecule has 1 aliphatic rings. The highest BCUT2D eigenvalue weighted by Gasteiger charge is 2.25. The molecular weight excluding hydrogens is 302 g/mol. The summed E-state index contributed by atoms with van der Waals surface area (Å²) in [5.41, 5.74) is 4.20. The molecule has 2 heterocycles. The number of rotatable bonds is 4. The zero-order chi connectivity index (χ0) is 17.3. The Bertz CT molecular complexity index is 726. The van der Waals surface area contributed by atoms with E-state index in [-0.39, 0.29) is 18.6 Å². The van der Waals surface area contributed by atoms with Crippen molar-refractivity contribution in [3.05, 3.63) is 35.0 Å². The number of nitrogens with zero attached hydrogens (tertiary/aromatic N) is 2. The largest absolute Gasteiger partial charge is 0.395 e. The van der Waals surface area contributed by atoms with E-state index in [1.165, 1.54) is 5.56 Å². The van der Waals surface area contributed by atoms with E-state index in [1.807, 2.05) is 23.1 Å². The second kappa shape index (κ2) is 6.95. The van der Waals surface area contributed by atoms with Crippen LogP contribution in [0.5, 0.6) is 0 Å². The van der Waals surface area contributed by atoms with Crippen LogP contribution in [0, 0.1) is 13.8 Å². The monoisotopic (exact) mass is 329 g/mol. The molecule has 0 spiro atoms. The molecule has 130 valence electrons. The Hall–Kier alpha value is -1.85. The van der Waals surface area contributed by atoms with Gasteiger partial charge in [-0.1, -0.05) is 6.92 Å². The van der Waals surface area contributed by atoms with Gasteiger partial charge in [0.25, 0.3) is 5.91 Å². The molecule has 1 amide bonds. The summed E-state index contributed by atoms with van der Waals surface area (Å²) in [6, 6.07) is 6.13. The smallest absolute Gasteiger partial charge is 0.253 e. The summed E-state index contributed by atoms with van der Waals surface area (Å²) in [5, 5.41) is 10.6. The first-order valence-corrected chi connectivity index (χ1v) is 8.78. The van der Waals surface area contributed by atoms with E-state index in [4.69, 9.17) is 0 Å². The van der Waals surface area contributed by atoms with Crippen LogP contribution in [0.2, 0.25) is 0 Å². The maximum absolute atomic E-state index is 12.8. The first-order chi connectivity index (χ1) is 11.5. The number of aliphatic hydroxyl groups is 1. The fourth-order valence-corrected chi connectivity index (χ4v) is 3.57. The number of amides is 1. The van der Waals surface area contributed by atoms with Gasteiger partial charge in [-0.2, -0.15) is 0 Å². The Morgan fingerprint density at radius 3 is 2.58 bits per heavy atom. The SMILES string of the molecule is CCC(CO)N1CCN(C(=O)c2ccc3[nH]c(C)c(C)c3c2)CC1. The van der Waals surface area contributed by atoms with Crippen LogP contribution in [0.25, 0.3) is 10.9 Å². The number of carbonyl (C=O) groups excluding carboxylic acids is 1. The van der Waals surface area contributed by atoms with Gasteiger partial charge >= 0.3 is 0 Å². The first kappa shape index (κ1) is 17.0. The normalized spacial score (nSPS) is 17.4. The summed E-state index contributed by atoms with van der Waals surface area (Å²) in [6.45, 7) is 9.52. The molecule has 0 aliphatic carbocycles. The summed E-state index contributed by atoms with van der Waals surface area (Å²) in [4.78, 5) is 20.4. The molecule has 5 heteroatoms. The molecule has 2 aromatic rings. The lowest BCUT2D eigenvalue weighted by Gasteiger charge is -2.38. The Kier molecular flexibility index (Phi) is 4.92. The Morgan fingerprint density at radius 2 is 1.96 bits per heavy atom. The lowest BCUT2D eigenvalue weighted by Crippen LogP contribution is -2.52. The van der Waals surface area contributed by atoms with Gasteiger partial charge < -0.3 is 15.0 Å². The van der Waals surface area contributed by atoms with Crippen LogP contribution in [-0.2, 0) is 0 Å². The van der Waals surface area contributed by atoms with Gasteiger partial charge in [-0.3, -0.25) is 9.69 Å². The van der Waals surface area contributed by atoms with Crippen molar-refractivity contribution in [2.45, 2.75) is 33.2 Å². The zero-order valence-electron chi connectivity index (χ0n) is 14.8. The number of aryl methyl sites for hydroxylation is 2. The second-order valence-electron chi connectivity index (χ2n) is 6.71. The quantitative estimate of drug-likeness (QED) is 0.905. The van der Waals surface area contributed by atoms with E-state index < -0.39 is 0 Å². The number of hydrogen-bond donors (Lipinski definition) is 2. The number of nitrogens with one attached hydrogen (secondary N) is 1. The minimum Gasteiger partial charge on any atom is -0.395 e. The van der Waals surface area contributed by atoms with Crippen LogP contribution in [0.15, 0.2) is 18.2 Å². The Labute approximate surface area is 143 Å². The molecule has 0 bridgehead atoms. The molecule has 1 saturated heterocycles. The molecule has 1 unspecified atom stereocenters. The van der Waals surface area contributed by atoms with Crippen molar-refractivity contribution in [2.75, 3.05) is 32.8 Å². The third-order valence-electron chi connectivity index (χ3n) is 5.36. The van der Waals surface area contributed by atoms with E-state index >= 15 is 0 Å². The average molecular weight is 329 g/mol. The summed E-state index contributed by atoms with van der Waals surface area (Å²) in [6.07, 6.45) is 0.938. The predicted molar refractivity (Wildman–Crippen MR) is 96.4 cm³/mol. The summed E-state index contributed by atoms with van der Waals surface area (Å²) in [7, 11) is 0. The van der Waals surface area contributed by atoms with Crippen molar-refractivity contribution < 1.29 is 9.90 Å². The first-order valence-electron chi connectivity index (χ1n) is 8.78. The molecule has 1 aliphatic heterocycles. The number of aromatic amines is 1. The van der Waals surface area contributed by atoms with Crippen molar-refractivity contribution in [2.24, 2.45) is 0 Å². The number of carbonyl (C=O) groups is 1. The number of benzene rings is 1. The van der Waals surface area contributed by atoms with Gasteiger partial charge in [-0.15, -0.1) is 0 Å². The molecule has 1 atom stereocenters. The van der Waals surface area contributed by atoms with E-state index in [0.717, 1.165) is 54.8 Å². The maximum atomic E-state index is 12.8. The fraction of sp³-hybridized carbons (Fsp3) is 0.526.